The van der Waals surface area contributed by atoms with Crippen molar-refractivity contribution in [2.45, 2.75) is 65.5 Å². The van der Waals surface area contributed by atoms with Crippen LogP contribution in [0.4, 0.5) is 5.69 Å². The molecule has 9 rings (SSSR count). The largest absolute Gasteiger partial charge is 0.371 e. The van der Waals surface area contributed by atoms with Crippen LogP contribution >= 0.6 is 0 Å². The van der Waals surface area contributed by atoms with Gasteiger partial charge in [-0.25, -0.2) is 0 Å². The summed E-state index contributed by atoms with van der Waals surface area (Å²) in [6.07, 6.45) is 14.2. The Labute approximate surface area is 254 Å². The van der Waals surface area contributed by atoms with Crippen molar-refractivity contribution in [2.75, 3.05) is 18.0 Å². The average molecular weight is 562 g/mol. The second kappa shape index (κ2) is 9.64. The van der Waals surface area contributed by atoms with Gasteiger partial charge in [0, 0.05) is 55.9 Å². The van der Waals surface area contributed by atoms with Crippen molar-refractivity contribution in [3.05, 3.63) is 111 Å². The third-order valence-electron chi connectivity index (χ3n) is 10.9. The molecule has 3 nitrogen and oxygen atoms in total. The monoisotopic (exact) mass is 561 g/mol. The molecular formula is C40H39N3+2. The Morgan fingerprint density at radius 1 is 0.721 bits per heavy atom. The van der Waals surface area contributed by atoms with E-state index in [-0.39, 0.29) is 0 Å². The van der Waals surface area contributed by atoms with Crippen molar-refractivity contribution in [1.82, 2.24) is 0 Å². The zero-order chi connectivity index (χ0) is 28.7. The molecule has 0 radical (unpaired) electrons. The molecule has 6 heterocycles. The molecule has 0 saturated carbocycles. The Bertz CT molecular complexity index is 1980. The van der Waals surface area contributed by atoms with E-state index in [1.807, 2.05) is 0 Å². The number of fused-ring (bicyclic) bond motifs is 9. The Morgan fingerprint density at radius 3 is 2.28 bits per heavy atom. The Balaban J connectivity index is 1.21. The molecule has 43 heavy (non-hydrogen) atoms. The fourth-order valence-corrected chi connectivity index (χ4v) is 8.75. The maximum Gasteiger partial charge on any atom is 0.221 e. The van der Waals surface area contributed by atoms with Crippen LogP contribution in [0.25, 0.3) is 45.4 Å². The number of aryl methyl sites for hydroxylation is 3. The highest BCUT2D eigenvalue weighted by Crippen LogP contribution is 2.45. The fourth-order valence-electron chi connectivity index (χ4n) is 8.75. The minimum absolute atomic E-state index is 1.02. The number of rotatable bonds is 2. The van der Waals surface area contributed by atoms with E-state index < -0.39 is 0 Å². The lowest BCUT2D eigenvalue weighted by Gasteiger charge is -2.37. The minimum atomic E-state index is 1.02. The summed E-state index contributed by atoms with van der Waals surface area (Å²) in [5, 5.41) is 2.68. The Hall–Kier alpha value is -4.24. The molecule has 0 spiro atoms. The SMILES string of the molecule is Cc1c(C)c2c(c3c1CC[n+]1ccc4ccccc4c1-3)-c1cccc(/C=C/c3cc4c5c(c3)CCCN5CCC4)[n+]1CC2. The molecule has 4 aliphatic heterocycles. The average Bonchev–Trinajstić information content (AvgIpc) is 3.05. The minimum Gasteiger partial charge on any atom is -0.371 e. The first-order valence-electron chi connectivity index (χ1n) is 16.3. The number of hydrogen-bond acceptors (Lipinski definition) is 1. The van der Waals surface area contributed by atoms with Gasteiger partial charge >= 0.3 is 0 Å². The zero-order valence-electron chi connectivity index (χ0n) is 25.4. The number of benzene rings is 3. The summed E-state index contributed by atoms with van der Waals surface area (Å²) in [5.74, 6) is 0. The topological polar surface area (TPSA) is 11.0 Å². The van der Waals surface area contributed by atoms with Gasteiger partial charge in [0.05, 0.1) is 16.5 Å². The summed E-state index contributed by atoms with van der Waals surface area (Å²) in [6.45, 7) is 9.23. The van der Waals surface area contributed by atoms with Crippen molar-refractivity contribution in [3.63, 3.8) is 0 Å². The van der Waals surface area contributed by atoms with E-state index in [9.17, 15) is 0 Å². The fraction of sp³-hybridized carbons (Fsp3) is 0.300. The van der Waals surface area contributed by atoms with Crippen LogP contribution < -0.4 is 14.0 Å². The lowest BCUT2D eigenvalue weighted by atomic mass is 9.79. The Morgan fingerprint density at radius 2 is 1.47 bits per heavy atom. The van der Waals surface area contributed by atoms with E-state index in [2.05, 4.69) is 107 Å². The third kappa shape index (κ3) is 3.80. The molecule has 212 valence electrons. The van der Waals surface area contributed by atoms with Gasteiger partial charge in [0.15, 0.2) is 19.3 Å². The summed E-state index contributed by atoms with van der Waals surface area (Å²) in [6, 6.07) is 23.1. The van der Waals surface area contributed by atoms with Gasteiger partial charge in [-0.3, -0.25) is 0 Å². The quantitative estimate of drug-likeness (QED) is 0.205. The van der Waals surface area contributed by atoms with E-state index in [1.54, 1.807) is 22.4 Å². The molecule has 0 saturated heterocycles. The number of nitrogens with zero attached hydrogens (tertiary/aromatic N) is 3. The lowest BCUT2D eigenvalue weighted by molar-refractivity contribution is -0.690. The molecule has 0 bridgehead atoms. The normalized spacial score (nSPS) is 16.5. The van der Waals surface area contributed by atoms with Crippen molar-refractivity contribution in [3.8, 4) is 22.5 Å². The Kier molecular flexibility index (Phi) is 5.67. The predicted octanol–water partition coefficient (Wildman–Crippen LogP) is 7.35. The second-order valence-electron chi connectivity index (χ2n) is 13.1. The van der Waals surface area contributed by atoms with Crippen LogP contribution in [0.5, 0.6) is 0 Å². The van der Waals surface area contributed by atoms with Crippen LogP contribution in [0.3, 0.4) is 0 Å². The van der Waals surface area contributed by atoms with Crippen molar-refractivity contribution in [2.24, 2.45) is 0 Å². The summed E-state index contributed by atoms with van der Waals surface area (Å²) in [7, 11) is 0. The van der Waals surface area contributed by atoms with Crippen molar-refractivity contribution < 1.29 is 9.13 Å². The van der Waals surface area contributed by atoms with Crippen LogP contribution in [0, 0.1) is 13.8 Å². The third-order valence-corrected chi connectivity index (χ3v) is 10.9. The molecule has 0 unspecified atom stereocenters. The van der Waals surface area contributed by atoms with Gasteiger partial charge < -0.3 is 4.90 Å². The molecule has 0 fully saturated rings. The van der Waals surface area contributed by atoms with Gasteiger partial charge in [-0.1, -0.05) is 18.2 Å². The van der Waals surface area contributed by atoms with E-state index >= 15 is 0 Å². The van der Waals surface area contributed by atoms with Gasteiger partial charge in [0.25, 0.3) is 0 Å². The van der Waals surface area contributed by atoms with Gasteiger partial charge in [0.1, 0.15) is 0 Å². The zero-order valence-corrected chi connectivity index (χ0v) is 25.4. The van der Waals surface area contributed by atoms with Gasteiger partial charge in [-0.15, -0.1) is 0 Å². The van der Waals surface area contributed by atoms with E-state index in [1.165, 1.54) is 100 Å². The van der Waals surface area contributed by atoms with Crippen LogP contribution in [0.15, 0.2) is 66.9 Å². The van der Waals surface area contributed by atoms with E-state index in [0.29, 0.717) is 0 Å². The molecule has 3 heteroatoms. The molecule has 0 N–H and O–H groups in total. The first-order valence-corrected chi connectivity index (χ1v) is 16.3. The van der Waals surface area contributed by atoms with Gasteiger partial charge in [-0.2, -0.15) is 9.13 Å². The maximum atomic E-state index is 2.63. The highest BCUT2D eigenvalue weighted by molar-refractivity contribution is 5.99. The molecule has 0 amide bonds. The standard InChI is InChI=1S/C40H39N3/c1-26-27(2)34-17-22-42-21-16-29-8-3-4-12-35(29)40(42)38(34)37-33(26)18-23-43-32(11-5-13-36(37)43)15-14-28-24-30-9-6-19-41-20-7-10-31(25-28)39(30)41/h3-5,8,11-16,21,24-25H,6-7,9-10,17-20,22-23H2,1-2H3/q+2. The molecular weight excluding hydrogens is 522 g/mol. The van der Waals surface area contributed by atoms with Crippen LogP contribution in [-0.2, 0) is 38.8 Å². The molecule has 5 aromatic rings. The smallest absolute Gasteiger partial charge is 0.221 e. The maximum absolute atomic E-state index is 2.63. The number of aromatic nitrogens is 2. The molecule has 4 aliphatic rings. The summed E-state index contributed by atoms with van der Waals surface area (Å²) >= 11 is 0. The predicted molar refractivity (Wildman–Crippen MR) is 176 cm³/mol. The molecule has 2 aromatic heterocycles. The number of hydrogen-bond donors (Lipinski definition) is 0. The van der Waals surface area contributed by atoms with E-state index in [0.717, 1.165) is 25.9 Å². The summed E-state index contributed by atoms with van der Waals surface area (Å²) < 4.78 is 5.09. The summed E-state index contributed by atoms with van der Waals surface area (Å²) in [5.41, 5.74) is 19.1. The van der Waals surface area contributed by atoms with Crippen LogP contribution in [0.1, 0.15) is 57.5 Å². The second-order valence-corrected chi connectivity index (χ2v) is 13.1. The van der Waals surface area contributed by atoms with Crippen molar-refractivity contribution in [1.29, 1.82) is 0 Å². The lowest BCUT2D eigenvalue weighted by Crippen LogP contribution is -2.45. The first kappa shape index (κ1) is 25.3. The van der Waals surface area contributed by atoms with Crippen LogP contribution in [0.2, 0.25) is 0 Å². The summed E-state index contributed by atoms with van der Waals surface area (Å²) in [4.78, 5) is 2.63. The number of anilines is 1. The molecule has 3 aromatic carbocycles. The highest BCUT2D eigenvalue weighted by Gasteiger charge is 2.37. The van der Waals surface area contributed by atoms with Gasteiger partial charge in [0.2, 0.25) is 17.1 Å². The van der Waals surface area contributed by atoms with Gasteiger partial charge in [-0.05, 0) is 114 Å². The molecule has 0 aliphatic carbocycles. The highest BCUT2D eigenvalue weighted by atomic mass is 15.1. The van der Waals surface area contributed by atoms with Crippen LogP contribution in [-0.4, -0.2) is 13.1 Å². The molecule has 0 atom stereocenters. The van der Waals surface area contributed by atoms with E-state index in [4.69, 9.17) is 0 Å². The number of pyridine rings is 2. The van der Waals surface area contributed by atoms with Crippen molar-refractivity contribution >= 4 is 28.6 Å². The first-order chi connectivity index (χ1) is 21.2.